The Kier molecular flexibility index (Phi) is 5.30. The first kappa shape index (κ1) is 18.3. The molecule has 1 aromatic heterocycles. The fourth-order valence-corrected chi connectivity index (χ4v) is 2.86. The van der Waals surface area contributed by atoms with E-state index in [-0.39, 0.29) is 18.2 Å². The summed E-state index contributed by atoms with van der Waals surface area (Å²) in [6, 6.07) is 14.1. The third-order valence-electron chi connectivity index (χ3n) is 4.14. The molecule has 0 fully saturated rings. The fourth-order valence-electron chi connectivity index (χ4n) is 2.86. The van der Waals surface area contributed by atoms with Crippen molar-refractivity contribution in [3.8, 4) is 5.75 Å². The second-order valence-electron chi connectivity index (χ2n) is 6.21. The number of hydrogen-bond acceptors (Lipinski definition) is 5. The number of hydrogen-bond donors (Lipinski definition) is 1. The number of nitrogens with one attached hydrogen (secondary N) is 1. The van der Waals surface area contributed by atoms with Gasteiger partial charge in [0.1, 0.15) is 5.75 Å². The van der Waals surface area contributed by atoms with Crippen LogP contribution in [0.3, 0.4) is 0 Å². The molecule has 0 aliphatic rings. The zero-order valence-corrected chi connectivity index (χ0v) is 15.1. The summed E-state index contributed by atoms with van der Waals surface area (Å²) in [6.07, 6.45) is 0. The third kappa shape index (κ3) is 4.38. The van der Waals surface area contributed by atoms with Gasteiger partial charge in [-0.3, -0.25) is 19.9 Å². The Morgan fingerprint density at radius 1 is 1.19 bits per heavy atom. The summed E-state index contributed by atoms with van der Waals surface area (Å²) in [7, 11) is 0. The quantitative estimate of drug-likeness (QED) is 0.533. The van der Waals surface area contributed by atoms with Crippen molar-refractivity contribution in [1.82, 2.24) is 10.3 Å². The molecule has 0 saturated heterocycles. The van der Waals surface area contributed by atoms with Gasteiger partial charge < -0.3 is 10.1 Å². The molecule has 138 valence electrons. The van der Waals surface area contributed by atoms with E-state index in [1.54, 1.807) is 13.0 Å². The predicted molar refractivity (Wildman–Crippen MR) is 102 cm³/mol. The molecule has 3 rings (SSSR count). The van der Waals surface area contributed by atoms with Crippen molar-refractivity contribution in [1.29, 1.82) is 0 Å². The van der Waals surface area contributed by atoms with Crippen LogP contribution in [0.25, 0.3) is 10.9 Å². The molecule has 27 heavy (non-hydrogen) atoms. The highest BCUT2D eigenvalue weighted by Gasteiger charge is 2.12. The lowest BCUT2D eigenvalue weighted by molar-refractivity contribution is -0.385. The number of rotatable bonds is 6. The molecule has 1 heterocycles. The third-order valence-corrected chi connectivity index (χ3v) is 4.14. The molecular formula is C20H19N3O4. The summed E-state index contributed by atoms with van der Waals surface area (Å²) in [5.41, 5.74) is 3.26. The van der Waals surface area contributed by atoms with Crippen LogP contribution in [0.2, 0.25) is 0 Å². The van der Waals surface area contributed by atoms with Gasteiger partial charge in [-0.25, -0.2) is 0 Å². The first-order valence-corrected chi connectivity index (χ1v) is 8.44. The summed E-state index contributed by atoms with van der Waals surface area (Å²) in [6.45, 7) is 3.74. The molecule has 0 aliphatic carbocycles. The number of pyridine rings is 1. The molecule has 0 radical (unpaired) electrons. The molecule has 0 bridgehead atoms. The standard InChI is InChI=1S/C20H19N3O4/c1-13-9-16(7-8-19(13)23(25)26)27-12-20(24)21-11-15-10-14(2)22-18-6-4-3-5-17(15)18/h3-10H,11-12H2,1-2H3,(H,21,24). The Labute approximate surface area is 156 Å². The van der Waals surface area contributed by atoms with E-state index < -0.39 is 4.92 Å². The number of ether oxygens (including phenoxy) is 1. The minimum absolute atomic E-state index is 0.0201. The second-order valence-corrected chi connectivity index (χ2v) is 6.21. The Balaban J connectivity index is 1.61. The van der Waals surface area contributed by atoms with E-state index in [9.17, 15) is 14.9 Å². The summed E-state index contributed by atoms with van der Waals surface area (Å²) >= 11 is 0. The molecule has 0 atom stereocenters. The first-order valence-electron chi connectivity index (χ1n) is 8.44. The Bertz CT molecular complexity index is 1020. The van der Waals surface area contributed by atoms with Gasteiger partial charge in [0, 0.05) is 29.3 Å². The van der Waals surface area contributed by atoms with Crippen LogP contribution in [0.1, 0.15) is 16.8 Å². The average molecular weight is 365 g/mol. The van der Waals surface area contributed by atoms with Crippen LogP contribution in [0.4, 0.5) is 5.69 Å². The number of nitrogens with zero attached hydrogens (tertiary/aromatic N) is 2. The van der Waals surface area contributed by atoms with Gasteiger partial charge in [0.2, 0.25) is 0 Å². The largest absolute Gasteiger partial charge is 0.484 e. The molecule has 7 heteroatoms. The number of carbonyl (C=O) groups is 1. The molecule has 0 spiro atoms. The summed E-state index contributed by atoms with van der Waals surface area (Å²) < 4.78 is 5.44. The topological polar surface area (TPSA) is 94.4 Å². The maximum absolute atomic E-state index is 12.1. The summed E-state index contributed by atoms with van der Waals surface area (Å²) in [4.78, 5) is 27.0. The van der Waals surface area contributed by atoms with Gasteiger partial charge in [-0.15, -0.1) is 0 Å². The highest BCUT2D eigenvalue weighted by atomic mass is 16.6. The molecule has 0 saturated carbocycles. The lowest BCUT2D eigenvalue weighted by Crippen LogP contribution is -2.28. The fraction of sp³-hybridized carbons (Fsp3) is 0.200. The van der Waals surface area contributed by atoms with Gasteiger partial charge in [0.15, 0.2) is 6.61 Å². The van der Waals surface area contributed by atoms with Crippen molar-refractivity contribution in [2.75, 3.05) is 6.61 Å². The van der Waals surface area contributed by atoms with Crippen LogP contribution in [-0.2, 0) is 11.3 Å². The summed E-state index contributed by atoms with van der Waals surface area (Å²) in [5, 5.41) is 14.7. The van der Waals surface area contributed by atoms with Gasteiger partial charge in [-0.2, -0.15) is 0 Å². The monoisotopic (exact) mass is 365 g/mol. The van der Waals surface area contributed by atoms with Crippen molar-refractivity contribution < 1.29 is 14.5 Å². The van der Waals surface area contributed by atoms with E-state index in [1.165, 1.54) is 12.1 Å². The SMILES string of the molecule is Cc1cc(CNC(=O)COc2ccc([N+](=O)[O-])c(C)c2)c2ccccc2n1. The first-order chi connectivity index (χ1) is 12.9. The van der Waals surface area contributed by atoms with Crippen molar-refractivity contribution in [3.63, 3.8) is 0 Å². The smallest absolute Gasteiger partial charge is 0.272 e. The Morgan fingerprint density at radius 3 is 2.70 bits per heavy atom. The number of benzene rings is 2. The Morgan fingerprint density at radius 2 is 1.96 bits per heavy atom. The van der Waals surface area contributed by atoms with E-state index in [2.05, 4.69) is 10.3 Å². The van der Waals surface area contributed by atoms with E-state index in [0.717, 1.165) is 22.2 Å². The molecule has 7 nitrogen and oxygen atoms in total. The maximum Gasteiger partial charge on any atom is 0.272 e. The number of carbonyl (C=O) groups excluding carboxylic acids is 1. The molecule has 1 amide bonds. The number of amides is 1. The highest BCUT2D eigenvalue weighted by Crippen LogP contribution is 2.23. The zero-order chi connectivity index (χ0) is 19.4. The predicted octanol–water partition coefficient (Wildman–Crippen LogP) is 3.46. The molecule has 0 unspecified atom stereocenters. The van der Waals surface area contributed by atoms with Crippen LogP contribution in [0, 0.1) is 24.0 Å². The van der Waals surface area contributed by atoms with Crippen molar-refractivity contribution >= 4 is 22.5 Å². The van der Waals surface area contributed by atoms with E-state index >= 15 is 0 Å². The van der Waals surface area contributed by atoms with Gasteiger partial charge in [0.05, 0.1) is 10.4 Å². The molecular weight excluding hydrogens is 346 g/mol. The Hall–Kier alpha value is -3.48. The van der Waals surface area contributed by atoms with Gasteiger partial charge in [0.25, 0.3) is 11.6 Å². The number of nitro benzene ring substituents is 1. The van der Waals surface area contributed by atoms with Gasteiger partial charge in [-0.05, 0) is 43.7 Å². The molecule has 2 aromatic carbocycles. The average Bonchev–Trinajstić information content (AvgIpc) is 2.64. The number of para-hydroxylation sites is 1. The van der Waals surface area contributed by atoms with E-state index in [0.29, 0.717) is 17.9 Å². The van der Waals surface area contributed by atoms with Crippen molar-refractivity contribution in [2.45, 2.75) is 20.4 Å². The van der Waals surface area contributed by atoms with Crippen LogP contribution in [0.15, 0.2) is 48.5 Å². The molecule has 3 aromatic rings. The van der Waals surface area contributed by atoms with Crippen LogP contribution in [-0.4, -0.2) is 22.4 Å². The van der Waals surface area contributed by atoms with Gasteiger partial charge >= 0.3 is 0 Å². The van der Waals surface area contributed by atoms with Crippen LogP contribution in [0.5, 0.6) is 5.75 Å². The van der Waals surface area contributed by atoms with Crippen LogP contribution >= 0.6 is 0 Å². The lowest BCUT2D eigenvalue weighted by Gasteiger charge is -2.10. The number of fused-ring (bicyclic) bond motifs is 1. The minimum atomic E-state index is -0.452. The maximum atomic E-state index is 12.1. The highest BCUT2D eigenvalue weighted by molar-refractivity contribution is 5.83. The van der Waals surface area contributed by atoms with Gasteiger partial charge in [-0.1, -0.05) is 18.2 Å². The van der Waals surface area contributed by atoms with E-state index in [1.807, 2.05) is 37.3 Å². The normalized spacial score (nSPS) is 10.6. The van der Waals surface area contributed by atoms with Crippen LogP contribution < -0.4 is 10.1 Å². The number of nitro groups is 1. The molecule has 1 N–H and O–H groups in total. The lowest BCUT2D eigenvalue weighted by atomic mass is 10.1. The zero-order valence-electron chi connectivity index (χ0n) is 15.1. The number of aromatic nitrogens is 1. The minimum Gasteiger partial charge on any atom is -0.484 e. The summed E-state index contributed by atoms with van der Waals surface area (Å²) in [5.74, 6) is 0.142. The second kappa shape index (κ2) is 7.82. The number of aryl methyl sites for hydroxylation is 2. The van der Waals surface area contributed by atoms with Crippen molar-refractivity contribution in [2.24, 2.45) is 0 Å². The molecule has 0 aliphatic heterocycles. The van der Waals surface area contributed by atoms with E-state index in [4.69, 9.17) is 4.74 Å². The van der Waals surface area contributed by atoms with Crippen molar-refractivity contribution in [3.05, 3.63) is 75.5 Å².